The third-order valence-electron chi connectivity index (χ3n) is 4.10. The second-order valence-corrected chi connectivity index (χ2v) is 6.65. The van der Waals surface area contributed by atoms with Crippen molar-refractivity contribution in [1.29, 1.82) is 0 Å². The maximum absolute atomic E-state index is 12.3. The first-order valence-corrected chi connectivity index (χ1v) is 9.34. The van der Waals surface area contributed by atoms with E-state index >= 15 is 0 Å². The molecule has 0 spiro atoms. The molecule has 10 nitrogen and oxygen atoms in total. The molecular formula is C19H21N7O3S. The van der Waals surface area contributed by atoms with Crippen LogP contribution in [-0.4, -0.2) is 32.6 Å². The SMILES string of the molecule is COc1ccc(Cc2nn(CC(=O)NNC(=S)Nc3ccccc3)c(=O)n2N)cc1. The Labute approximate surface area is 177 Å². The van der Waals surface area contributed by atoms with Crippen LogP contribution in [0, 0.1) is 0 Å². The molecule has 0 fully saturated rings. The highest BCUT2D eigenvalue weighted by atomic mass is 32.1. The average Bonchev–Trinajstić information content (AvgIpc) is 3.01. The number of hydrogen-bond acceptors (Lipinski definition) is 6. The Bertz CT molecular complexity index is 1080. The second kappa shape index (κ2) is 9.56. The van der Waals surface area contributed by atoms with Crippen molar-refractivity contribution in [3.05, 3.63) is 76.5 Å². The van der Waals surface area contributed by atoms with Gasteiger partial charge in [-0.2, -0.15) is 9.77 Å². The number of amides is 1. The zero-order valence-corrected chi connectivity index (χ0v) is 17.0. The van der Waals surface area contributed by atoms with Gasteiger partial charge >= 0.3 is 5.69 Å². The number of benzene rings is 2. The molecule has 0 atom stereocenters. The summed E-state index contributed by atoms with van der Waals surface area (Å²) in [4.78, 5) is 24.4. The van der Waals surface area contributed by atoms with Gasteiger partial charge in [-0.25, -0.2) is 9.48 Å². The third-order valence-corrected chi connectivity index (χ3v) is 4.31. The highest BCUT2D eigenvalue weighted by Gasteiger charge is 2.14. The van der Waals surface area contributed by atoms with E-state index in [9.17, 15) is 9.59 Å². The number of rotatable bonds is 6. The number of carbonyl (C=O) groups excluding carboxylic acids is 1. The summed E-state index contributed by atoms with van der Waals surface area (Å²) in [7, 11) is 1.58. The number of para-hydroxylation sites is 1. The fraction of sp³-hybridized carbons (Fsp3) is 0.158. The van der Waals surface area contributed by atoms with Gasteiger partial charge in [0.15, 0.2) is 10.9 Å². The van der Waals surface area contributed by atoms with Crippen LogP contribution in [0.3, 0.4) is 0 Å². The first-order chi connectivity index (χ1) is 14.5. The largest absolute Gasteiger partial charge is 0.497 e. The number of aromatic nitrogens is 3. The molecule has 0 saturated carbocycles. The number of nitrogens with zero attached hydrogens (tertiary/aromatic N) is 3. The van der Waals surface area contributed by atoms with Gasteiger partial charge in [-0.15, -0.1) is 0 Å². The maximum Gasteiger partial charge on any atom is 0.365 e. The number of carbonyl (C=O) groups is 1. The summed E-state index contributed by atoms with van der Waals surface area (Å²) in [5, 5.41) is 7.27. The summed E-state index contributed by atoms with van der Waals surface area (Å²) in [6.07, 6.45) is 0.327. The summed E-state index contributed by atoms with van der Waals surface area (Å²) < 4.78 is 7.03. The molecule has 156 valence electrons. The Morgan fingerprint density at radius 3 is 2.50 bits per heavy atom. The van der Waals surface area contributed by atoms with Gasteiger partial charge in [0.25, 0.3) is 5.91 Å². The summed E-state index contributed by atoms with van der Waals surface area (Å²) >= 11 is 5.11. The molecule has 0 bridgehead atoms. The van der Waals surface area contributed by atoms with Crippen molar-refractivity contribution in [3.63, 3.8) is 0 Å². The molecule has 1 aromatic heterocycles. The van der Waals surface area contributed by atoms with E-state index in [-0.39, 0.29) is 11.7 Å². The van der Waals surface area contributed by atoms with E-state index in [1.165, 1.54) is 0 Å². The van der Waals surface area contributed by atoms with Crippen molar-refractivity contribution in [1.82, 2.24) is 25.3 Å². The van der Waals surface area contributed by atoms with E-state index in [0.29, 0.717) is 12.2 Å². The van der Waals surface area contributed by atoms with Crippen LogP contribution >= 0.6 is 12.2 Å². The predicted octanol–water partition coefficient (Wildman–Crippen LogP) is 0.376. The minimum Gasteiger partial charge on any atom is -0.497 e. The quantitative estimate of drug-likeness (QED) is 0.252. The zero-order chi connectivity index (χ0) is 21.5. The van der Waals surface area contributed by atoms with Gasteiger partial charge in [0.1, 0.15) is 12.3 Å². The molecule has 30 heavy (non-hydrogen) atoms. The van der Waals surface area contributed by atoms with Crippen molar-refractivity contribution < 1.29 is 9.53 Å². The van der Waals surface area contributed by atoms with E-state index in [2.05, 4.69) is 21.3 Å². The molecule has 3 rings (SSSR count). The first kappa shape index (κ1) is 20.9. The highest BCUT2D eigenvalue weighted by molar-refractivity contribution is 7.80. The number of methoxy groups -OCH3 is 1. The van der Waals surface area contributed by atoms with Crippen molar-refractivity contribution >= 4 is 28.9 Å². The minimum absolute atomic E-state index is 0.200. The van der Waals surface area contributed by atoms with Gasteiger partial charge in [0, 0.05) is 12.1 Å². The van der Waals surface area contributed by atoms with Gasteiger partial charge in [-0.3, -0.25) is 15.6 Å². The number of nitrogen functional groups attached to an aromatic ring is 1. The first-order valence-electron chi connectivity index (χ1n) is 8.94. The smallest absolute Gasteiger partial charge is 0.365 e. The van der Waals surface area contributed by atoms with Crippen LogP contribution in [0.15, 0.2) is 59.4 Å². The number of hydrogen-bond donors (Lipinski definition) is 4. The van der Waals surface area contributed by atoms with Gasteiger partial charge in [-0.05, 0) is 42.0 Å². The topological polar surface area (TPSA) is 128 Å². The van der Waals surface area contributed by atoms with Crippen molar-refractivity contribution in [2.24, 2.45) is 0 Å². The normalized spacial score (nSPS) is 10.3. The molecule has 0 radical (unpaired) electrons. The molecule has 0 aliphatic rings. The summed E-state index contributed by atoms with van der Waals surface area (Å²) in [5.74, 6) is 6.35. The lowest BCUT2D eigenvalue weighted by Crippen LogP contribution is -2.46. The van der Waals surface area contributed by atoms with E-state index in [4.69, 9.17) is 22.8 Å². The van der Waals surface area contributed by atoms with Crippen molar-refractivity contribution in [3.8, 4) is 5.75 Å². The number of nitrogens with one attached hydrogen (secondary N) is 3. The minimum atomic E-state index is -0.598. The Hall–Kier alpha value is -3.86. The zero-order valence-electron chi connectivity index (χ0n) is 16.2. The summed E-state index contributed by atoms with van der Waals surface area (Å²) in [6, 6.07) is 16.5. The average molecular weight is 427 g/mol. The van der Waals surface area contributed by atoms with Crippen LogP contribution in [0.4, 0.5) is 5.69 Å². The number of hydrazine groups is 1. The molecule has 1 heterocycles. The Morgan fingerprint density at radius 1 is 1.13 bits per heavy atom. The Kier molecular flexibility index (Phi) is 6.65. The predicted molar refractivity (Wildman–Crippen MR) is 116 cm³/mol. The standard InChI is InChI=1S/C19H21N7O3S/c1-29-15-9-7-13(8-10-15)11-16-24-25(19(28)26(16)20)12-17(27)22-23-18(30)21-14-5-3-2-4-6-14/h2-10H,11-12,20H2,1H3,(H,22,27)(H2,21,23,30). The molecule has 3 aromatic rings. The van der Waals surface area contributed by atoms with Crippen LogP contribution in [0.1, 0.15) is 11.4 Å². The second-order valence-electron chi connectivity index (χ2n) is 6.24. The summed E-state index contributed by atoms with van der Waals surface area (Å²) in [6.45, 7) is -0.320. The van der Waals surface area contributed by atoms with Crippen LogP contribution in [0.2, 0.25) is 0 Å². The molecule has 0 aliphatic heterocycles. The van der Waals surface area contributed by atoms with Gasteiger partial charge in [-0.1, -0.05) is 30.3 Å². The Balaban J connectivity index is 1.56. The molecule has 2 aromatic carbocycles. The fourth-order valence-corrected chi connectivity index (χ4v) is 2.77. The molecule has 0 saturated heterocycles. The lowest BCUT2D eigenvalue weighted by molar-refractivity contribution is -0.122. The van der Waals surface area contributed by atoms with Crippen molar-refractivity contribution in [2.45, 2.75) is 13.0 Å². The van der Waals surface area contributed by atoms with E-state index < -0.39 is 11.6 Å². The Morgan fingerprint density at radius 2 is 1.83 bits per heavy atom. The number of nitrogens with two attached hydrogens (primary N) is 1. The monoisotopic (exact) mass is 427 g/mol. The lowest BCUT2D eigenvalue weighted by atomic mass is 10.1. The number of thiocarbonyl (C=S) groups is 1. The van der Waals surface area contributed by atoms with Crippen LogP contribution in [0.5, 0.6) is 5.75 Å². The van der Waals surface area contributed by atoms with Crippen LogP contribution in [-0.2, 0) is 17.8 Å². The van der Waals surface area contributed by atoms with E-state index in [1.54, 1.807) is 19.2 Å². The molecule has 0 unspecified atom stereocenters. The highest BCUT2D eigenvalue weighted by Crippen LogP contribution is 2.13. The van der Waals surface area contributed by atoms with Gasteiger partial charge < -0.3 is 15.9 Å². The van der Waals surface area contributed by atoms with E-state index in [0.717, 1.165) is 26.4 Å². The van der Waals surface area contributed by atoms with Crippen molar-refractivity contribution in [2.75, 3.05) is 18.3 Å². The lowest BCUT2D eigenvalue weighted by Gasteiger charge is -2.11. The molecule has 1 amide bonds. The number of ether oxygens (including phenoxy) is 1. The molecular weight excluding hydrogens is 406 g/mol. The summed E-state index contributed by atoms with van der Waals surface area (Å²) in [5.41, 5.74) is 6.05. The molecule has 0 aliphatic carbocycles. The van der Waals surface area contributed by atoms with Gasteiger partial charge in [0.05, 0.1) is 7.11 Å². The molecule has 11 heteroatoms. The molecule has 5 N–H and O–H groups in total. The third kappa shape index (κ3) is 5.35. The number of anilines is 1. The van der Waals surface area contributed by atoms with Gasteiger partial charge in [0.2, 0.25) is 0 Å². The maximum atomic E-state index is 12.3. The van der Waals surface area contributed by atoms with Crippen LogP contribution < -0.4 is 32.4 Å². The van der Waals surface area contributed by atoms with Crippen LogP contribution in [0.25, 0.3) is 0 Å². The fourth-order valence-electron chi connectivity index (χ4n) is 2.60. The van der Waals surface area contributed by atoms with E-state index in [1.807, 2.05) is 42.5 Å².